The van der Waals surface area contributed by atoms with Crippen LogP contribution in [0.4, 0.5) is 0 Å². The molecule has 2 heterocycles. The SMILES string of the molecule is COc1cc(Cn2ccnc2C2CCN(C(=O)Cc3cccc(OC)c3OC)CC2)cc(OC)c1. The van der Waals surface area contributed by atoms with E-state index in [4.69, 9.17) is 18.9 Å². The molecule has 0 bridgehead atoms. The van der Waals surface area contributed by atoms with Gasteiger partial charge in [-0.3, -0.25) is 4.79 Å². The smallest absolute Gasteiger partial charge is 0.227 e. The molecule has 8 heteroatoms. The van der Waals surface area contributed by atoms with Crippen molar-refractivity contribution in [2.24, 2.45) is 0 Å². The van der Waals surface area contributed by atoms with Crippen molar-refractivity contribution in [3.63, 3.8) is 0 Å². The fraction of sp³-hybridized carbons (Fsp3) is 0.407. The average molecular weight is 480 g/mol. The third-order valence-corrected chi connectivity index (χ3v) is 6.55. The summed E-state index contributed by atoms with van der Waals surface area (Å²) in [5.41, 5.74) is 1.92. The number of benzene rings is 2. The van der Waals surface area contributed by atoms with E-state index >= 15 is 0 Å². The molecule has 1 aliphatic heterocycles. The number of methoxy groups -OCH3 is 4. The maximum Gasteiger partial charge on any atom is 0.227 e. The summed E-state index contributed by atoms with van der Waals surface area (Å²) in [6.45, 7) is 2.09. The van der Waals surface area contributed by atoms with Crippen molar-refractivity contribution in [3.05, 3.63) is 65.7 Å². The van der Waals surface area contributed by atoms with Crippen molar-refractivity contribution in [2.45, 2.75) is 31.7 Å². The van der Waals surface area contributed by atoms with Gasteiger partial charge in [0.25, 0.3) is 0 Å². The number of carbonyl (C=O) groups is 1. The minimum Gasteiger partial charge on any atom is -0.497 e. The van der Waals surface area contributed by atoms with Crippen LogP contribution in [0.3, 0.4) is 0 Å². The number of ether oxygens (including phenoxy) is 4. The first kappa shape index (κ1) is 24.4. The minimum atomic E-state index is 0.0989. The zero-order valence-electron chi connectivity index (χ0n) is 20.8. The molecule has 4 rings (SSSR count). The fourth-order valence-electron chi connectivity index (χ4n) is 4.72. The number of piperidine rings is 1. The summed E-state index contributed by atoms with van der Waals surface area (Å²) < 4.78 is 23.9. The largest absolute Gasteiger partial charge is 0.497 e. The van der Waals surface area contributed by atoms with E-state index in [1.54, 1.807) is 28.4 Å². The lowest BCUT2D eigenvalue weighted by atomic mass is 9.95. The van der Waals surface area contributed by atoms with Gasteiger partial charge in [0.2, 0.25) is 5.91 Å². The Kier molecular flexibility index (Phi) is 7.80. The van der Waals surface area contributed by atoms with E-state index in [-0.39, 0.29) is 12.3 Å². The molecule has 8 nitrogen and oxygen atoms in total. The fourth-order valence-corrected chi connectivity index (χ4v) is 4.72. The van der Waals surface area contributed by atoms with Crippen molar-refractivity contribution in [3.8, 4) is 23.0 Å². The second-order valence-electron chi connectivity index (χ2n) is 8.62. The standard InChI is InChI=1S/C27H33N3O5/c1-32-22-14-19(15-23(17-22)33-2)18-30-13-10-28-27(30)20-8-11-29(12-9-20)25(31)16-21-6-5-7-24(34-3)26(21)35-4/h5-7,10,13-15,17,20H,8-9,11-12,16,18H2,1-4H3. The Labute approximate surface area is 206 Å². The molecule has 0 atom stereocenters. The number of para-hydroxylation sites is 1. The highest BCUT2D eigenvalue weighted by Crippen LogP contribution is 2.32. The second-order valence-corrected chi connectivity index (χ2v) is 8.62. The highest BCUT2D eigenvalue weighted by atomic mass is 16.5. The summed E-state index contributed by atoms with van der Waals surface area (Å²) in [6, 6.07) is 11.5. The van der Waals surface area contributed by atoms with Crippen LogP contribution in [0, 0.1) is 0 Å². The molecule has 186 valence electrons. The van der Waals surface area contributed by atoms with Crippen LogP contribution in [0.2, 0.25) is 0 Å². The van der Waals surface area contributed by atoms with Crippen molar-refractivity contribution in [2.75, 3.05) is 41.5 Å². The van der Waals surface area contributed by atoms with Gasteiger partial charge in [-0.25, -0.2) is 4.98 Å². The van der Waals surface area contributed by atoms with Gasteiger partial charge in [0.05, 0.1) is 34.9 Å². The van der Waals surface area contributed by atoms with Gasteiger partial charge >= 0.3 is 0 Å². The first-order valence-electron chi connectivity index (χ1n) is 11.8. The lowest BCUT2D eigenvalue weighted by Gasteiger charge is -2.32. The van der Waals surface area contributed by atoms with Crippen LogP contribution < -0.4 is 18.9 Å². The summed E-state index contributed by atoms with van der Waals surface area (Å²) in [5, 5.41) is 0. The van der Waals surface area contributed by atoms with E-state index < -0.39 is 0 Å². The van der Waals surface area contributed by atoms with Crippen LogP contribution in [0.1, 0.15) is 35.7 Å². The Hall–Kier alpha value is -3.68. The average Bonchev–Trinajstić information content (AvgIpc) is 3.36. The molecular formula is C27H33N3O5. The second kappa shape index (κ2) is 11.2. The van der Waals surface area contributed by atoms with Gasteiger partial charge in [0, 0.05) is 49.6 Å². The lowest BCUT2D eigenvalue weighted by Crippen LogP contribution is -2.39. The zero-order valence-corrected chi connectivity index (χ0v) is 20.8. The number of hydrogen-bond acceptors (Lipinski definition) is 6. The Morgan fingerprint density at radius 2 is 1.69 bits per heavy atom. The molecule has 0 saturated carbocycles. The normalized spacial score (nSPS) is 14.0. The highest BCUT2D eigenvalue weighted by Gasteiger charge is 2.27. The van der Waals surface area contributed by atoms with Gasteiger partial charge in [0.1, 0.15) is 17.3 Å². The van der Waals surface area contributed by atoms with Crippen molar-refractivity contribution in [1.29, 1.82) is 0 Å². The van der Waals surface area contributed by atoms with E-state index in [9.17, 15) is 4.79 Å². The summed E-state index contributed by atoms with van der Waals surface area (Å²) >= 11 is 0. The topological polar surface area (TPSA) is 75.1 Å². The molecule has 1 aliphatic rings. The van der Waals surface area contributed by atoms with Crippen LogP contribution in [0.25, 0.3) is 0 Å². The Balaban J connectivity index is 1.40. The van der Waals surface area contributed by atoms with Crippen molar-refractivity contribution < 1.29 is 23.7 Å². The molecule has 3 aromatic rings. The van der Waals surface area contributed by atoms with E-state index in [1.165, 1.54) is 0 Å². The molecule has 35 heavy (non-hydrogen) atoms. The quantitative estimate of drug-likeness (QED) is 0.463. The zero-order chi connectivity index (χ0) is 24.8. The number of nitrogens with zero attached hydrogens (tertiary/aromatic N) is 3. The monoisotopic (exact) mass is 479 g/mol. The maximum absolute atomic E-state index is 13.0. The van der Waals surface area contributed by atoms with Gasteiger partial charge in [-0.15, -0.1) is 0 Å². The van der Waals surface area contributed by atoms with Gasteiger partial charge < -0.3 is 28.4 Å². The summed E-state index contributed by atoms with van der Waals surface area (Å²) in [5.74, 6) is 4.23. The highest BCUT2D eigenvalue weighted by molar-refractivity contribution is 5.80. The van der Waals surface area contributed by atoms with Gasteiger partial charge in [-0.2, -0.15) is 0 Å². The predicted octanol–water partition coefficient (Wildman–Crippen LogP) is 3.91. The molecule has 0 spiro atoms. The van der Waals surface area contributed by atoms with E-state index in [1.807, 2.05) is 53.7 Å². The molecule has 0 radical (unpaired) electrons. The third-order valence-electron chi connectivity index (χ3n) is 6.55. The van der Waals surface area contributed by atoms with Crippen LogP contribution >= 0.6 is 0 Å². The number of amides is 1. The van der Waals surface area contributed by atoms with Gasteiger partial charge in [-0.05, 0) is 36.6 Å². The molecule has 0 aliphatic carbocycles. The summed E-state index contributed by atoms with van der Waals surface area (Å²) in [6.07, 6.45) is 5.89. The van der Waals surface area contributed by atoms with Crippen LogP contribution in [0.15, 0.2) is 48.8 Å². The molecule has 1 fully saturated rings. The minimum absolute atomic E-state index is 0.0989. The first-order valence-corrected chi connectivity index (χ1v) is 11.8. The van der Waals surface area contributed by atoms with Crippen LogP contribution in [-0.2, 0) is 17.8 Å². The maximum atomic E-state index is 13.0. The Morgan fingerprint density at radius 3 is 2.31 bits per heavy atom. The van der Waals surface area contributed by atoms with Gasteiger partial charge in [0.15, 0.2) is 11.5 Å². The number of hydrogen-bond donors (Lipinski definition) is 0. The first-order chi connectivity index (χ1) is 17.1. The molecule has 1 aromatic heterocycles. The van der Waals surface area contributed by atoms with Crippen molar-refractivity contribution >= 4 is 5.91 Å². The number of carbonyl (C=O) groups excluding carboxylic acids is 1. The Bertz CT molecular complexity index is 1130. The summed E-state index contributed by atoms with van der Waals surface area (Å²) in [4.78, 5) is 19.6. The molecule has 1 amide bonds. The third kappa shape index (κ3) is 5.53. The lowest BCUT2D eigenvalue weighted by molar-refractivity contribution is -0.131. The number of aromatic nitrogens is 2. The van der Waals surface area contributed by atoms with E-state index in [0.717, 1.165) is 41.3 Å². The summed E-state index contributed by atoms with van der Waals surface area (Å²) in [7, 11) is 6.51. The van der Waals surface area contributed by atoms with Crippen LogP contribution in [-0.4, -0.2) is 61.9 Å². The molecule has 2 aromatic carbocycles. The predicted molar refractivity (Wildman–Crippen MR) is 133 cm³/mol. The Morgan fingerprint density at radius 1 is 0.971 bits per heavy atom. The molecule has 0 unspecified atom stereocenters. The molecule has 1 saturated heterocycles. The van der Waals surface area contributed by atoms with Crippen molar-refractivity contribution in [1.82, 2.24) is 14.5 Å². The number of rotatable bonds is 9. The molecular weight excluding hydrogens is 446 g/mol. The molecule has 0 N–H and O–H groups in total. The number of imidazole rings is 1. The number of likely N-dealkylation sites (tertiary alicyclic amines) is 1. The van der Waals surface area contributed by atoms with E-state index in [2.05, 4.69) is 9.55 Å². The van der Waals surface area contributed by atoms with Gasteiger partial charge in [-0.1, -0.05) is 12.1 Å². The van der Waals surface area contributed by atoms with E-state index in [0.29, 0.717) is 37.1 Å². The van der Waals surface area contributed by atoms with Crippen LogP contribution in [0.5, 0.6) is 23.0 Å².